The zero-order valence-electron chi connectivity index (χ0n) is 13.6. The molecule has 3 rings (SSSR count). The Labute approximate surface area is 128 Å². The number of likely N-dealkylation sites (N-methyl/N-ethyl adjacent to an activating group) is 1. The van der Waals surface area contributed by atoms with E-state index in [1.54, 1.807) is 0 Å². The Morgan fingerprint density at radius 1 is 1.33 bits per heavy atom. The average Bonchev–Trinajstić information content (AvgIpc) is 2.63. The molecule has 2 heterocycles. The standard InChI is InChI=1S/C18H28N2O/c1-4-20-11-6-5-10-15(19)16(20)14-9-7-8-13-12-18(2,3)21-17(13)14/h7-9,15-16H,4-6,10-12,19H2,1-3H3. The largest absolute Gasteiger partial charge is 0.487 e. The van der Waals surface area contributed by atoms with Crippen LogP contribution in [-0.2, 0) is 6.42 Å². The molecule has 2 aliphatic rings. The minimum absolute atomic E-state index is 0.0930. The molecule has 116 valence electrons. The molecule has 0 amide bonds. The second-order valence-corrected chi connectivity index (χ2v) is 7.11. The highest BCUT2D eigenvalue weighted by Crippen LogP contribution is 2.43. The molecule has 21 heavy (non-hydrogen) atoms. The van der Waals surface area contributed by atoms with Gasteiger partial charge in [-0.25, -0.2) is 0 Å². The lowest BCUT2D eigenvalue weighted by atomic mass is 9.93. The van der Waals surface area contributed by atoms with E-state index in [0.717, 1.165) is 31.7 Å². The molecule has 0 spiro atoms. The Kier molecular flexibility index (Phi) is 3.98. The highest BCUT2D eigenvalue weighted by Gasteiger charge is 2.36. The fourth-order valence-electron chi connectivity index (χ4n) is 3.92. The third-order valence-electron chi connectivity index (χ3n) is 4.88. The summed E-state index contributed by atoms with van der Waals surface area (Å²) in [7, 11) is 0. The van der Waals surface area contributed by atoms with Crippen molar-refractivity contribution in [3.05, 3.63) is 29.3 Å². The van der Waals surface area contributed by atoms with Crippen molar-refractivity contribution in [2.45, 2.75) is 64.1 Å². The lowest BCUT2D eigenvalue weighted by Gasteiger charge is -2.34. The van der Waals surface area contributed by atoms with Crippen molar-refractivity contribution in [3.8, 4) is 5.75 Å². The molecule has 1 saturated heterocycles. The number of hydrogen-bond donors (Lipinski definition) is 1. The van der Waals surface area contributed by atoms with Gasteiger partial charge in [-0.05, 0) is 45.3 Å². The van der Waals surface area contributed by atoms with Crippen LogP contribution in [0.25, 0.3) is 0 Å². The van der Waals surface area contributed by atoms with Crippen molar-refractivity contribution >= 4 is 0 Å². The fraction of sp³-hybridized carbons (Fsp3) is 0.667. The highest BCUT2D eigenvalue weighted by atomic mass is 16.5. The van der Waals surface area contributed by atoms with Gasteiger partial charge in [0.1, 0.15) is 11.4 Å². The molecule has 0 radical (unpaired) electrons. The van der Waals surface area contributed by atoms with Gasteiger partial charge in [0.25, 0.3) is 0 Å². The molecule has 1 fully saturated rings. The minimum Gasteiger partial charge on any atom is -0.487 e. The first-order valence-electron chi connectivity index (χ1n) is 8.32. The van der Waals surface area contributed by atoms with E-state index in [9.17, 15) is 0 Å². The van der Waals surface area contributed by atoms with Gasteiger partial charge in [-0.15, -0.1) is 0 Å². The predicted octanol–water partition coefficient (Wildman–Crippen LogP) is 3.27. The summed E-state index contributed by atoms with van der Waals surface area (Å²) in [5.74, 6) is 1.10. The van der Waals surface area contributed by atoms with E-state index in [2.05, 4.69) is 43.9 Å². The SMILES string of the molecule is CCN1CCCCC(N)C1c1cccc2c1OC(C)(C)C2. The average molecular weight is 288 g/mol. The van der Waals surface area contributed by atoms with E-state index in [0.29, 0.717) is 6.04 Å². The van der Waals surface area contributed by atoms with Crippen LogP contribution in [0.3, 0.4) is 0 Å². The molecule has 0 aliphatic carbocycles. The van der Waals surface area contributed by atoms with E-state index >= 15 is 0 Å². The van der Waals surface area contributed by atoms with Gasteiger partial charge in [0.2, 0.25) is 0 Å². The van der Waals surface area contributed by atoms with Crippen LogP contribution in [0.4, 0.5) is 0 Å². The third-order valence-corrected chi connectivity index (χ3v) is 4.88. The smallest absolute Gasteiger partial charge is 0.128 e. The van der Waals surface area contributed by atoms with E-state index in [1.165, 1.54) is 24.0 Å². The van der Waals surface area contributed by atoms with Crippen molar-refractivity contribution < 1.29 is 4.74 Å². The summed E-state index contributed by atoms with van der Waals surface area (Å²) < 4.78 is 6.28. The summed E-state index contributed by atoms with van der Waals surface area (Å²) in [5.41, 5.74) is 9.09. The molecule has 2 atom stereocenters. The number of para-hydroxylation sites is 1. The number of ether oxygens (including phenoxy) is 1. The fourth-order valence-corrected chi connectivity index (χ4v) is 3.92. The first kappa shape index (κ1) is 14.9. The molecule has 2 aliphatic heterocycles. The lowest BCUT2D eigenvalue weighted by Crippen LogP contribution is -2.40. The maximum Gasteiger partial charge on any atom is 0.128 e. The molecule has 3 heteroatoms. The number of rotatable bonds is 2. The van der Waals surface area contributed by atoms with Gasteiger partial charge >= 0.3 is 0 Å². The molecule has 0 aromatic heterocycles. The van der Waals surface area contributed by atoms with E-state index < -0.39 is 0 Å². The van der Waals surface area contributed by atoms with Gasteiger partial charge < -0.3 is 10.5 Å². The Morgan fingerprint density at radius 3 is 2.90 bits per heavy atom. The maximum absolute atomic E-state index is 6.54. The van der Waals surface area contributed by atoms with Crippen LogP contribution in [0.5, 0.6) is 5.75 Å². The lowest BCUT2D eigenvalue weighted by molar-refractivity contribution is 0.130. The molecule has 3 nitrogen and oxygen atoms in total. The number of hydrogen-bond acceptors (Lipinski definition) is 3. The number of fused-ring (bicyclic) bond motifs is 1. The zero-order chi connectivity index (χ0) is 15.0. The van der Waals surface area contributed by atoms with Crippen LogP contribution < -0.4 is 10.5 Å². The number of nitrogens with two attached hydrogens (primary N) is 1. The van der Waals surface area contributed by atoms with Crippen molar-refractivity contribution in [1.82, 2.24) is 4.90 Å². The van der Waals surface area contributed by atoms with Crippen molar-refractivity contribution in [1.29, 1.82) is 0 Å². The Morgan fingerprint density at radius 2 is 2.14 bits per heavy atom. The normalized spacial score (nSPS) is 28.8. The molecule has 1 aromatic carbocycles. The Balaban J connectivity index is 2.01. The summed E-state index contributed by atoms with van der Waals surface area (Å²) in [6.45, 7) is 8.76. The molecule has 0 saturated carbocycles. The Bertz CT molecular complexity index is 512. The minimum atomic E-state index is -0.0930. The van der Waals surface area contributed by atoms with Gasteiger partial charge in [-0.1, -0.05) is 31.5 Å². The van der Waals surface area contributed by atoms with Gasteiger partial charge in [-0.3, -0.25) is 4.90 Å². The summed E-state index contributed by atoms with van der Waals surface area (Å²) >= 11 is 0. The quantitative estimate of drug-likeness (QED) is 0.907. The molecule has 1 aromatic rings. The number of nitrogens with zero attached hydrogens (tertiary/aromatic N) is 1. The van der Waals surface area contributed by atoms with Gasteiger partial charge in [-0.2, -0.15) is 0 Å². The van der Waals surface area contributed by atoms with E-state index in [-0.39, 0.29) is 11.6 Å². The maximum atomic E-state index is 6.54. The second-order valence-electron chi connectivity index (χ2n) is 7.11. The molecular weight excluding hydrogens is 260 g/mol. The summed E-state index contributed by atoms with van der Waals surface area (Å²) in [6, 6.07) is 7.09. The molecular formula is C18H28N2O. The molecule has 2 unspecified atom stereocenters. The zero-order valence-corrected chi connectivity index (χ0v) is 13.6. The second kappa shape index (κ2) is 5.62. The predicted molar refractivity (Wildman–Crippen MR) is 86.7 cm³/mol. The van der Waals surface area contributed by atoms with Gasteiger partial charge in [0, 0.05) is 18.0 Å². The number of likely N-dealkylation sites (tertiary alicyclic amines) is 1. The van der Waals surface area contributed by atoms with Crippen LogP contribution in [0.2, 0.25) is 0 Å². The highest BCUT2D eigenvalue weighted by molar-refractivity contribution is 5.47. The van der Waals surface area contributed by atoms with Crippen molar-refractivity contribution in [2.75, 3.05) is 13.1 Å². The van der Waals surface area contributed by atoms with Crippen LogP contribution >= 0.6 is 0 Å². The summed E-state index contributed by atoms with van der Waals surface area (Å²) in [5, 5.41) is 0. The Hall–Kier alpha value is -1.06. The first-order chi connectivity index (χ1) is 10.0. The topological polar surface area (TPSA) is 38.5 Å². The van der Waals surface area contributed by atoms with Gasteiger partial charge in [0.05, 0.1) is 6.04 Å². The van der Waals surface area contributed by atoms with Crippen LogP contribution in [0, 0.1) is 0 Å². The van der Waals surface area contributed by atoms with Crippen LogP contribution in [-0.4, -0.2) is 29.6 Å². The third kappa shape index (κ3) is 2.82. The monoisotopic (exact) mass is 288 g/mol. The van der Waals surface area contributed by atoms with Crippen molar-refractivity contribution in [3.63, 3.8) is 0 Å². The van der Waals surface area contributed by atoms with Gasteiger partial charge in [0.15, 0.2) is 0 Å². The molecule has 0 bridgehead atoms. The van der Waals surface area contributed by atoms with Crippen LogP contribution in [0.15, 0.2) is 18.2 Å². The molecule has 2 N–H and O–H groups in total. The van der Waals surface area contributed by atoms with E-state index in [4.69, 9.17) is 10.5 Å². The summed E-state index contributed by atoms with van der Waals surface area (Å²) in [4.78, 5) is 2.53. The number of benzene rings is 1. The van der Waals surface area contributed by atoms with E-state index in [1.807, 2.05) is 0 Å². The van der Waals surface area contributed by atoms with Crippen molar-refractivity contribution in [2.24, 2.45) is 5.73 Å². The first-order valence-corrected chi connectivity index (χ1v) is 8.32. The summed E-state index contributed by atoms with van der Waals surface area (Å²) in [6.07, 6.45) is 4.58. The van der Waals surface area contributed by atoms with Crippen LogP contribution in [0.1, 0.15) is 57.2 Å².